The number of hydrogen-bond donors (Lipinski definition) is 0. The van der Waals surface area contributed by atoms with Crippen LogP contribution < -0.4 is 10.4 Å². The summed E-state index contributed by atoms with van der Waals surface area (Å²) in [4.78, 5) is 23.9. The zero-order valence-corrected chi connectivity index (χ0v) is 15.7. The van der Waals surface area contributed by atoms with Gasteiger partial charge in [-0.25, -0.2) is 14.0 Å². The predicted molar refractivity (Wildman–Crippen MR) is 92.0 cm³/mol. The minimum Gasteiger partial charge on any atom is -0.480 e. The van der Waals surface area contributed by atoms with E-state index < -0.39 is 29.5 Å². The Kier molecular flexibility index (Phi) is 5.48. The van der Waals surface area contributed by atoms with Crippen LogP contribution in [-0.2, 0) is 22.0 Å². The fraction of sp³-hybridized carbons (Fsp3) is 0.529. The first-order valence-corrected chi connectivity index (χ1v) is 8.16. The molecule has 142 valence electrons. The Morgan fingerprint density at radius 2 is 1.92 bits per heavy atom. The fourth-order valence-corrected chi connectivity index (χ4v) is 2.30. The maximum Gasteiger partial charge on any atom is 0.368 e. The maximum absolute atomic E-state index is 14.6. The van der Waals surface area contributed by atoms with E-state index in [1.165, 1.54) is 13.1 Å². The average Bonchev–Trinajstić information content (AvgIpc) is 2.83. The molecule has 0 aliphatic rings. The number of esters is 1. The molecule has 0 atom stereocenters. The highest BCUT2D eigenvalue weighted by molar-refractivity contribution is 5.71. The van der Waals surface area contributed by atoms with E-state index in [1.54, 1.807) is 13.8 Å². The van der Waals surface area contributed by atoms with Crippen molar-refractivity contribution in [3.8, 4) is 11.4 Å². The number of nitrogens with zero attached hydrogens (tertiary/aromatic N) is 4. The third-order valence-electron chi connectivity index (χ3n) is 3.52. The van der Waals surface area contributed by atoms with Gasteiger partial charge in [0.1, 0.15) is 17.3 Å². The molecule has 1 aromatic carbocycles. The number of carbonyl (C=O) groups excluding carboxylic acids is 1. The SMILES string of the molecule is CC(C)OC(=O)COc1cc(F)c(C(C)(C)C)cc1-n1nnn(C)c1=O. The minimum absolute atomic E-state index is 0.00111. The smallest absolute Gasteiger partial charge is 0.368 e. The summed E-state index contributed by atoms with van der Waals surface area (Å²) in [6.07, 6.45) is -0.298. The number of benzene rings is 1. The number of aryl methyl sites for hydroxylation is 1. The van der Waals surface area contributed by atoms with Gasteiger partial charge >= 0.3 is 11.7 Å². The summed E-state index contributed by atoms with van der Waals surface area (Å²) in [5.74, 6) is -1.11. The van der Waals surface area contributed by atoms with Crippen molar-refractivity contribution in [2.45, 2.75) is 46.1 Å². The van der Waals surface area contributed by atoms with Gasteiger partial charge in [-0.15, -0.1) is 0 Å². The lowest BCUT2D eigenvalue weighted by Crippen LogP contribution is -2.25. The molecule has 0 N–H and O–H groups in total. The molecule has 26 heavy (non-hydrogen) atoms. The molecule has 0 bridgehead atoms. The highest BCUT2D eigenvalue weighted by Gasteiger charge is 2.24. The van der Waals surface area contributed by atoms with E-state index in [4.69, 9.17) is 9.47 Å². The highest BCUT2D eigenvalue weighted by atomic mass is 19.1. The van der Waals surface area contributed by atoms with E-state index in [1.807, 2.05) is 20.8 Å². The molecule has 0 amide bonds. The number of aromatic nitrogens is 4. The van der Waals surface area contributed by atoms with Gasteiger partial charge in [-0.3, -0.25) is 0 Å². The minimum atomic E-state index is -0.599. The molecule has 2 aromatic rings. The third kappa shape index (κ3) is 4.27. The lowest BCUT2D eigenvalue weighted by molar-refractivity contribution is -0.149. The fourth-order valence-electron chi connectivity index (χ4n) is 2.30. The quantitative estimate of drug-likeness (QED) is 0.749. The molecule has 0 aliphatic heterocycles. The van der Waals surface area contributed by atoms with Crippen molar-refractivity contribution in [2.24, 2.45) is 7.05 Å². The molecule has 0 radical (unpaired) electrons. The van der Waals surface area contributed by atoms with Crippen LogP contribution in [0.4, 0.5) is 4.39 Å². The predicted octanol–water partition coefficient (Wildman–Crippen LogP) is 1.73. The molecule has 9 heteroatoms. The van der Waals surface area contributed by atoms with Gasteiger partial charge in [0.05, 0.1) is 6.10 Å². The van der Waals surface area contributed by atoms with Gasteiger partial charge < -0.3 is 9.47 Å². The van der Waals surface area contributed by atoms with Crippen LogP contribution in [0.2, 0.25) is 0 Å². The normalized spacial score (nSPS) is 11.7. The Morgan fingerprint density at radius 1 is 1.27 bits per heavy atom. The van der Waals surface area contributed by atoms with E-state index >= 15 is 0 Å². The first kappa shape index (κ1) is 19.6. The third-order valence-corrected chi connectivity index (χ3v) is 3.52. The molecular formula is C17H23FN4O4. The van der Waals surface area contributed by atoms with Gasteiger partial charge in [-0.1, -0.05) is 20.8 Å². The molecule has 8 nitrogen and oxygen atoms in total. The summed E-state index contributed by atoms with van der Waals surface area (Å²) in [5.41, 5.74) is -0.459. The van der Waals surface area contributed by atoms with Crippen molar-refractivity contribution >= 4 is 5.97 Å². The largest absolute Gasteiger partial charge is 0.480 e. The molecule has 2 rings (SSSR count). The molecule has 1 heterocycles. The zero-order valence-electron chi connectivity index (χ0n) is 15.7. The van der Waals surface area contributed by atoms with Crippen molar-refractivity contribution in [3.05, 3.63) is 34.0 Å². The highest BCUT2D eigenvalue weighted by Crippen LogP contribution is 2.32. The van der Waals surface area contributed by atoms with Gasteiger partial charge in [0.2, 0.25) is 0 Å². The lowest BCUT2D eigenvalue weighted by Gasteiger charge is -2.22. The summed E-state index contributed by atoms with van der Waals surface area (Å²) in [6.45, 7) is 8.52. The summed E-state index contributed by atoms with van der Waals surface area (Å²) in [5, 5.41) is 7.43. The number of tetrazole rings is 1. The van der Waals surface area contributed by atoms with Gasteiger partial charge in [0, 0.05) is 13.1 Å². The van der Waals surface area contributed by atoms with E-state index in [0.29, 0.717) is 5.56 Å². The van der Waals surface area contributed by atoms with Crippen LogP contribution >= 0.6 is 0 Å². The topological polar surface area (TPSA) is 88.2 Å². The molecule has 1 aromatic heterocycles. The van der Waals surface area contributed by atoms with Crippen LogP contribution in [0.1, 0.15) is 40.2 Å². The molecule has 0 aliphatic carbocycles. The summed E-state index contributed by atoms with van der Waals surface area (Å²) < 4.78 is 27.0. The lowest BCUT2D eigenvalue weighted by atomic mass is 9.86. The Labute approximate surface area is 150 Å². The summed E-state index contributed by atoms with van der Waals surface area (Å²) in [6, 6.07) is 2.62. The Bertz CT molecular complexity index is 865. The van der Waals surface area contributed by atoms with Crippen molar-refractivity contribution < 1.29 is 18.7 Å². The van der Waals surface area contributed by atoms with E-state index in [2.05, 4.69) is 10.4 Å². The van der Waals surface area contributed by atoms with Crippen LogP contribution in [0.3, 0.4) is 0 Å². The standard InChI is InChI=1S/C17H23FN4O4/c1-10(2)26-15(23)9-25-14-8-12(18)11(17(3,4)5)7-13(14)22-16(24)21(6)19-20-22/h7-8,10H,9H2,1-6H3. The first-order valence-electron chi connectivity index (χ1n) is 8.16. The summed E-state index contributed by atoms with van der Waals surface area (Å²) in [7, 11) is 1.44. The maximum atomic E-state index is 14.6. The van der Waals surface area contributed by atoms with Crippen LogP contribution in [0.25, 0.3) is 5.69 Å². The molecule has 0 saturated heterocycles. The van der Waals surface area contributed by atoms with Crippen molar-refractivity contribution in [1.29, 1.82) is 0 Å². The summed E-state index contributed by atoms with van der Waals surface area (Å²) >= 11 is 0. The van der Waals surface area contributed by atoms with Crippen LogP contribution in [0, 0.1) is 5.82 Å². The average molecular weight is 366 g/mol. The van der Waals surface area contributed by atoms with Crippen LogP contribution in [0.5, 0.6) is 5.75 Å². The number of rotatable bonds is 5. The van der Waals surface area contributed by atoms with E-state index in [-0.39, 0.29) is 17.5 Å². The van der Waals surface area contributed by atoms with Gasteiger partial charge in [0.15, 0.2) is 6.61 Å². The first-order chi connectivity index (χ1) is 12.0. The Balaban J connectivity index is 2.49. The van der Waals surface area contributed by atoms with Crippen molar-refractivity contribution in [1.82, 2.24) is 19.8 Å². The number of halogens is 1. The second kappa shape index (κ2) is 7.27. The number of carbonyl (C=O) groups is 1. The zero-order chi connectivity index (χ0) is 19.6. The van der Waals surface area contributed by atoms with E-state index in [9.17, 15) is 14.0 Å². The number of ether oxygens (including phenoxy) is 2. The van der Waals surface area contributed by atoms with Crippen molar-refractivity contribution in [2.75, 3.05) is 6.61 Å². The second-order valence-electron chi connectivity index (χ2n) is 7.17. The molecular weight excluding hydrogens is 343 g/mol. The van der Waals surface area contributed by atoms with Crippen molar-refractivity contribution in [3.63, 3.8) is 0 Å². The van der Waals surface area contributed by atoms with Crippen LogP contribution in [0.15, 0.2) is 16.9 Å². The van der Waals surface area contributed by atoms with Gasteiger partial charge in [-0.2, -0.15) is 9.36 Å². The Hall–Kier alpha value is -2.71. The monoisotopic (exact) mass is 366 g/mol. The van der Waals surface area contributed by atoms with Crippen LogP contribution in [-0.4, -0.2) is 38.5 Å². The second-order valence-corrected chi connectivity index (χ2v) is 7.17. The molecule has 0 spiro atoms. The van der Waals surface area contributed by atoms with E-state index in [0.717, 1.165) is 15.4 Å². The molecule has 0 saturated carbocycles. The molecule has 0 unspecified atom stereocenters. The molecule has 0 fully saturated rings. The van der Waals surface area contributed by atoms with Gasteiger partial charge in [-0.05, 0) is 41.3 Å². The van der Waals surface area contributed by atoms with Gasteiger partial charge in [0.25, 0.3) is 0 Å². The Morgan fingerprint density at radius 3 is 2.42 bits per heavy atom. The number of hydrogen-bond acceptors (Lipinski definition) is 6.